The average molecular weight is 386 g/mol. The standard InChI is InChI=1S/C20H22N2O4S/c1-5-14-9-15-10-16(7-8-17(15)21-11-14)26-19(27-4)18(24)22-20(3,12-23)13-25-6-2/h1,7-12,19H,6,13H2,2-4H3,(H,22,24). The van der Waals surface area contributed by atoms with Gasteiger partial charge in [-0.05, 0) is 44.4 Å². The Morgan fingerprint density at radius 1 is 1.48 bits per heavy atom. The van der Waals surface area contributed by atoms with Gasteiger partial charge in [0, 0.05) is 23.8 Å². The fourth-order valence-electron chi connectivity index (χ4n) is 2.35. The molecule has 27 heavy (non-hydrogen) atoms. The van der Waals surface area contributed by atoms with Gasteiger partial charge >= 0.3 is 0 Å². The Hall–Kier alpha value is -2.56. The van der Waals surface area contributed by atoms with Crippen LogP contribution < -0.4 is 10.1 Å². The van der Waals surface area contributed by atoms with Crippen LogP contribution in [0.3, 0.4) is 0 Å². The molecule has 2 aromatic rings. The molecule has 1 aromatic heterocycles. The number of nitrogens with one attached hydrogen (secondary N) is 1. The van der Waals surface area contributed by atoms with E-state index in [4.69, 9.17) is 15.9 Å². The van der Waals surface area contributed by atoms with Crippen LogP contribution in [0.4, 0.5) is 0 Å². The van der Waals surface area contributed by atoms with E-state index in [0.29, 0.717) is 24.2 Å². The first-order valence-corrected chi connectivity index (χ1v) is 9.65. The molecular weight excluding hydrogens is 364 g/mol. The Bertz CT molecular complexity index is 865. The van der Waals surface area contributed by atoms with Gasteiger partial charge in [0.1, 0.15) is 17.6 Å². The molecule has 6 nitrogen and oxygen atoms in total. The summed E-state index contributed by atoms with van der Waals surface area (Å²) in [7, 11) is 0. The van der Waals surface area contributed by atoms with E-state index >= 15 is 0 Å². The molecule has 1 N–H and O–H groups in total. The van der Waals surface area contributed by atoms with Crippen molar-refractivity contribution in [2.75, 3.05) is 19.5 Å². The van der Waals surface area contributed by atoms with Crippen LogP contribution in [0, 0.1) is 12.3 Å². The van der Waals surface area contributed by atoms with Crippen molar-refractivity contribution in [3.05, 3.63) is 36.0 Å². The molecule has 2 atom stereocenters. The largest absolute Gasteiger partial charge is 0.470 e. The van der Waals surface area contributed by atoms with E-state index in [-0.39, 0.29) is 6.61 Å². The molecule has 2 unspecified atom stereocenters. The number of nitrogens with zero attached hydrogens (tertiary/aromatic N) is 1. The van der Waals surface area contributed by atoms with Crippen LogP contribution in [-0.2, 0) is 14.3 Å². The van der Waals surface area contributed by atoms with Crippen LogP contribution in [-0.4, -0.2) is 47.6 Å². The van der Waals surface area contributed by atoms with Gasteiger partial charge in [0.05, 0.1) is 12.1 Å². The summed E-state index contributed by atoms with van der Waals surface area (Å²) in [6.07, 6.45) is 9.46. The minimum atomic E-state index is -1.11. The highest BCUT2D eigenvalue weighted by Crippen LogP contribution is 2.23. The Kier molecular flexibility index (Phi) is 7.22. The quantitative estimate of drug-likeness (QED) is 0.405. The molecule has 2 rings (SSSR count). The van der Waals surface area contributed by atoms with E-state index in [1.807, 2.05) is 13.0 Å². The highest BCUT2D eigenvalue weighted by Gasteiger charge is 2.30. The third-order valence-electron chi connectivity index (χ3n) is 3.77. The molecule has 1 aromatic carbocycles. The number of amides is 1. The number of fused-ring (bicyclic) bond motifs is 1. The summed E-state index contributed by atoms with van der Waals surface area (Å²) in [5.41, 5.74) is -0.500. The van der Waals surface area contributed by atoms with Gasteiger partial charge in [-0.15, -0.1) is 18.2 Å². The molecule has 0 aliphatic carbocycles. The normalized spacial score (nSPS) is 14.0. The predicted molar refractivity (Wildman–Crippen MR) is 107 cm³/mol. The van der Waals surface area contributed by atoms with Crippen molar-refractivity contribution in [3.63, 3.8) is 0 Å². The van der Waals surface area contributed by atoms with Crippen LogP contribution in [0.1, 0.15) is 19.4 Å². The van der Waals surface area contributed by atoms with Gasteiger partial charge < -0.3 is 19.6 Å². The van der Waals surface area contributed by atoms with Gasteiger partial charge in [0.15, 0.2) is 0 Å². The maximum absolute atomic E-state index is 12.6. The maximum Gasteiger partial charge on any atom is 0.272 e. The van der Waals surface area contributed by atoms with E-state index in [1.165, 1.54) is 11.8 Å². The molecule has 142 valence electrons. The van der Waals surface area contributed by atoms with E-state index in [0.717, 1.165) is 10.9 Å². The summed E-state index contributed by atoms with van der Waals surface area (Å²) in [5.74, 6) is 2.64. The second-order valence-electron chi connectivity index (χ2n) is 6.07. The number of pyridine rings is 1. The summed E-state index contributed by atoms with van der Waals surface area (Å²) >= 11 is 1.22. The van der Waals surface area contributed by atoms with Gasteiger partial charge in [-0.2, -0.15) is 0 Å². The number of thioether (sulfide) groups is 1. The molecule has 0 aliphatic rings. The topological polar surface area (TPSA) is 77.5 Å². The fourth-order valence-corrected chi connectivity index (χ4v) is 2.83. The summed E-state index contributed by atoms with van der Waals surface area (Å²) < 4.78 is 11.1. The third kappa shape index (κ3) is 5.46. The lowest BCUT2D eigenvalue weighted by molar-refractivity contribution is -0.130. The first-order valence-electron chi connectivity index (χ1n) is 8.36. The first-order chi connectivity index (χ1) is 12.9. The smallest absolute Gasteiger partial charge is 0.272 e. The summed E-state index contributed by atoms with van der Waals surface area (Å²) in [5, 5.41) is 3.50. The lowest BCUT2D eigenvalue weighted by Gasteiger charge is -2.26. The molecule has 7 heteroatoms. The highest BCUT2D eigenvalue weighted by molar-refractivity contribution is 7.99. The van der Waals surface area contributed by atoms with Crippen LogP contribution in [0.2, 0.25) is 0 Å². The Labute approximate surface area is 163 Å². The number of terminal acetylenes is 1. The summed E-state index contributed by atoms with van der Waals surface area (Å²) in [6.45, 7) is 3.97. The molecule has 0 saturated carbocycles. The van der Waals surface area contributed by atoms with Gasteiger partial charge in [-0.25, -0.2) is 0 Å². The molecule has 0 radical (unpaired) electrons. The molecule has 0 spiro atoms. The SMILES string of the molecule is C#Cc1cnc2ccc(OC(SC)C(=O)NC(C)(C=O)COCC)cc2c1. The zero-order valence-electron chi connectivity index (χ0n) is 15.5. The molecule has 0 fully saturated rings. The summed E-state index contributed by atoms with van der Waals surface area (Å²) in [6, 6.07) is 7.14. The van der Waals surface area contributed by atoms with Crippen molar-refractivity contribution in [1.29, 1.82) is 0 Å². The summed E-state index contributed by atoms with van der Waals surface area (Å²) in [4.78, 5) is 28.2. The number of carbonyl (C=O) groups excluding carboxylic acids is 2. The zero-order valence-corrected chi connectivity index (χ0v) is 16.3. The van der Waals surface area contributed by atoms with Crippen LogP contribution in [0.15, 0.2) is 30.5 Å². The number of aldehydes is 1. The van der Waals surface area contributed by atoms with Crippen LogP contribution in [0.5, 0.6) is 5.75 Å². The third-order valence-corrected chi connectivity index (χ3v) is 4.50. The molecule has 0 bridgehead atoms. The lowest BCUT2D eigenvalue weighted by Crippen LogP contribution is -2.54. The lowest BCUT2D eigenvalue weighted by atomic mass is 10.1. The number of ether oxygens (including phenoxy) is 2. The van der Waals surface area contributed by atoms with Gasteiger partial charge in [0.25, 0.3) is 5.91 Å². The fraction of sp³-hybridized carbons (Fsp3) is 0.350. The Morgan fingerprint density at radius 3 is 2.89 bits per heavy atom. The number of aromatic nitrogens is 1. The van der Waals surface area contributed by atoms with Gasteiger partial charge in [-0.3, -0.25) is 9.78 Å². The first kappa shape index (κ1) is 20.7. The molecule has 1 heterocycles. The second-order valence-corrected chi connectivity index (χ2v) is 6.97. The van der Waals surface area contributed by atoms with Gasteiger partial charge in [0.2, 0.25) is 5.44 Å². The molecule has 0 saturated heterocycles. The van der Waals surface area contributed by atoms with Crippen molar-refractivity contribution in [1.82, 2.24) is 10.3 Å². The molecule has 1 amide bonds. The molecular formula is C20H22N2O4S. The van der Waals surface area contributed by atoms with Gasteiger partial charge in [-0.1, -0.05) is 5.92 Å². The van der Waals surface area contributed by atoms with E-state index in [2.05, 4.69) is 16.2 Å². The van der Waals surface area contributed by atoms with E-state index < -0.39 is 16.9 Å². The minimum absolute atomic E-state index is 0.0936. The number of hydrogen-bond donors (Lipinski definition) is 1. The van der Waals surface area contributed by atoms with Crippen molar-refractivity contribution in [2.24, 2.45) is 0 Å². The molecule has 0 aliphatic heterocycles. The number of rotatable bonds is 9. The number of carbonyl (C=O) groups is 2. The Balaban J connectivity index is 2.15. The van der Waals surface area contributed by atoms with Crippen molar-refractivity contribution in [3.8, 4) is 18.1 Å². The number of benzene rings is 1. The average Bonchev–Trinajstić information content (AvgIpc) is 2.69. The predicted octanol–water partition coefficient (Wildman–Crippen LogP) is 2.39. The van der Waals surface area contributed by atoms with Crippen molar-refractivity contribution >= 4 is 34.9 Å². The monoisotopic (exact) mass is 386 g/mol. The van der Waals surface area contributed by atoms with Crippen LogP contribution in [0.25, 0.3) is 10.9 Å². The Morgan fingerprint density at radius 2 is 2.26 bits per heavy atom. The van der Waals surface area contributed by atoms with Crippen molar-refractivity contribution in [2.45, 2.75) is 24.8 Å². The highest BCUT2D eigenvalue weighted by atomic mass is 32.2. The maximum atomic E-state index is 12.6. The van der Waals surface area contributed by atoms with E-state index in [9.17, 15) is 9.59 Å². The van der Waals surface area contributed by atoms with E-state index in [1.54, 1.807) is 37.6 Å². The van der Waals surface area contributed by atoms with Crippen molar-refractivity contribution < 1.29 is 19.1 Å². The zero-order chi connectivity index (χ0) is 19.9. The second kappa shape index (κ2) is 9.40. The number of hydrogen-bond acceptors (Lipinski definition) is 6. The minimum Gasteiger partial charge on any atom is -0.470 e. The van der Waals surface area contributed by atoms with Crippen LogP contribution >= 0.6 is 11.8 Å².